The van der Waals surface area contributed by atoms with Gasteiger partial charge < -0.3 is 24.5 Å². The minimum Gasteiger partial charge on any atom is -0.496 e. The second-order valence-electron chi connectivity index (χ2n) is 8.61. The number of para-hydroxylation sites is 2. The predicted octanol–water partition coefficient (Wildman–Crippen LogP) is 4.39. The lowest BCUT2D eigenvalue weighted by Crippen LogP contribution is -2.55. The van der Waals surface area contributed by atoms with E-state index in [1.54, 1.807) is 0 Å². The van der Waals surface area contributed by atoms with Crippen molar-refractivity contribution in [2.45, 2.75) is 31.9 Å². The third kappa shape index (κ3) is 3.16. The summed E-state index contributed by atoms with van der Waals surface area (Å²) >= 11 is 6.44. The molecule has 8 nitrogen and oxygen atoms in total. The zero-order valence-electron chi connectivity index (χ0n) is 19.2. The number of ether oxygens (including phenoxy) is 3. The van der Waals surface area contributed by atoms with Crippen LogP contribution in [-0.4, -0.2) is 41.4 Å². The van der Waals surface area contributed by atoms with Crippen molar-refractivity contribution < 1.29 is 23.8 Å². The van der Waals surface area contributed by atoms with Gasteiger partial charge in [-0.3, -0.25) is 9.59 Å². The fourth-order valence-electron chi connectivity index (χ4n) is 4.75. The number of imidazole rings is 1. The van der Waals surface area contributed by atoms with Crippen LogP contribution in [0.4, 0.5) is 0 Å². The Balaban J connectivity index is 1.45. The standard InChI is InChI=1S/C25H24ClN3O5/c1-12-9-14(27-13(2)24-28-15-7-5-6-8-16(15)29-24)10-19(30)25(12)23(31)20-17(32-3)11-18(33-4)21(26)22(20)34-25/h5-8,10-13,27H,9H2,1-4H3,(H,28,29). The molecule has 1 aliphatic carbocycles. The molecule has 1 aromatic heterocycles. The topological polar surface area (TPSA) is 103 Å². The highest BCUT2D eigenvalue weighted by Crippen LogP contribution is 2.53. The number of nitrogens with one attached hydrogen (secondary N) is 2. The number of allylic oxidation sites excluding steroid dienone is 1. The number of carbonyl (C=O) groups excluding carboxylic acids is 2. The van der Waals surface area contributed by atoms with Crippen molar-refractivity contribution in [2.75, 3.05) is 14.2 Å². The summed E-state index contributed by atoms with van der Waals surface area (Å²) in [4.78, 5) is 34.9. The maximum atomic E-state index is 13.6. The van der Waals surface area contributed by atoms with Gasteiger partial charge in [0.1, 0.15) is 27.9 Å². The SMILES string of the molecule is COc1cc(OC)c2c(c1Cl)OC1(C(=O)C=C(NC(C)c3nc4ccccc4[nH]3)CC1C)C2=O. The maximum Gasteiger partial charge on any atom is 0.236 e. The number of nitrogens with zero attached hydrogens (tertiary/aromatic N) is 1. The van der Waals surface area contributed by atoms with Crippen LogP contribution in [0.5, 0.6) is 17.2 Å². The number of fused-ring (bicyclic) bond motifs is 2. The number of H-pyrrole nitrogens is 1. The van der Waals surface area contributed by atoms with Gasteiger partial charge in [0, 0.05) is 23.8 Å². The van der Waals surface area contributed by atoms with Crippen LogP contribution in [0.2, 0.25) is 5.02 Å². The molecule has 0 saturated carbocycles. The highest BCUT2D eigenvalue weighted by molar-refractivity contribution is 6.36. The molecule has 3 unspecified atom stereocenters. The van der Waals surface area contributed by atoms with Gasteiger partial charge in [0.15, 0.2) is 5.75 Å². The lowest BCUT2D eigenvalue weighted by molar-refractivity contribution is -0.129. The highest BCUT2D eigenvalue weighted by atomic mass is 35.5. The summed E-state index contributed by atoms with van der Waals surface area (Å²) in [5, 5.41) is 3.49. The number of rotatable bonds is 5. The summed E-state index contributed by atoms with van der Waals surface area (Å²) < 4.78 is 16.8. The van der Waals surface area contributed by atoms with E-state index in [0.29, 0.717) is 17.9 Å². The molecule has 2 aliphatic rings. The number of carbonyl (C=O) groups is 2. The Morgan fingerprint density at radius 2 is 1.97 bits per heavy atom. The summed E-state index contributed by atoms with van der Waals surface area (Å²) in [5.74, 6) is 0.0725. The van der Waals surface area contributed by atoms with Crippen molar-refractivity contribution in [1.82, 2.24) is 15.3 Å². The van der Waals surface area contributed by atoms with E-state index in [-0.39, 0.29) is 28.1 Å². The largest absolute Gasteiger partial charge is 0.496 e. The first-order valence-corrected chi connectivity index (χ1v) is 11.3. The van der Waals surface area contributed by atoms with Crippen LogP contribution in [-0.2, 0) is 4.79 Å². The lowest BCUT2D eigenvalue weighted by atomic mass is 9.74. The Bertz CT molecular complexity index is 1330. The first kappa shape index (κ1) is 22.3. The second kappa shape index (κ2) is 8.06. The maximum absolute atomic E-state index is 13.6. The molecule has 0 radical (unpaired) electrons. The molecule has 2 aromatic carbocycles. The summed E-state index contributed by atoms with van der Waals surface area (Å²) in [6, 6.07) is 9.12. The number of aromatic amines is 1. The average Bonchev–Trinajstić information content (AvgIpc) is 3.39. The number of methoxy groups -OCH3 is 2. The third-order valence-corrected chi connectivity index (χ3v) is 6.89. The molecule has 0 saturated heterocycles. The van der Waals surface area contributed by atoms with Crippen molar-refractivity contribution in [1.29, 1.82) is 0 Å². The smallest absolute Gasteiger partial charge is 0.236 e. The van der Waals surface area contributed by atoms with Gasteiger partial charge in [0.2, 0.25) is 17.2 Å². The van der Waals surface area contributed by atoms with Gasteiger partial charge in [-0.1, -0.05) is 30.7 Å². The lowest BCUT2D eigenvalue weighted by Gasteiger charge is -2.35. The van der Waals surface area contributed by atoms with E-state index >= 15 is 0 Å². The molecular formula is C25H24ClN3O5. The van der Waals surface area contributed by atoms with E-state index in [1.165, 1.54) is 26.4 Å². The Morgan fingerprint density at radius 1 is 1.24 bits per heavy atom. The third-order valence-electron chi connectivity index (χ3n) is 6.53. The van der Waals surface area contributed by atoms with Crippen molar-refractivity contribution >= 4 is 34.2 Å². The van der Waals surface area contributed by atoms with E-state index in [9.17, 15) is 9.59 Å². The monoisotopic (exact) mass is 481 g/mol. The quantitative estimate of drug-likeness (QED) is 0.521. The van der Waals surface area contributed by atoms with Crippen molar-refractivity contribution in [3.05, 3.63) is 58.5 Å². The predicted molar refractivity (Wildman–Crippen MR) is 127 cm³/mol. The molecule has 34 heavy (non-hydrogen) atoms. The van der Waals surface area contributed by atoms with Gasteiger partial charge in [-0.2, -0.15) is 0 Å². The van der Waals surface area contributed by atoms with E-state index < -0.39 is 23.1 Å². The molecule has 1 spiro atoms. The Hall–Kier alpha value is -3.52. The average molecular weight is 482 g/mol. The number of Topliss-reactive ketones (excluding diaryl/α,β-unsaturated/α-hetero) is 1. The molecule has 3 atom stereocenters. The Morgan fingerprint density at radius 3 is 2.65 bits per heavy atom. The van der Waals surface area contributed by atoms with Crippen LogP contribution in [0.3, 0.4) is 0 Å². The van der Waals surface area contributed by atoms with Gasteiger partial charge in [-0.15, -0.1) is 0 Å². The zero-order chi connectivity index (χ0) is 24.2. The number of benzene rings is 2. The zero-order valence-corrected chi connectivity index (χ0v) is 19.9. The Labute approximate surface area is 201 Å². The number of ketones is 2. The number of hydrogen-bond donors (Lipinski definition) is 2. The fraction of sp³-hybridized carbons (Fsp3) is 0.320. The van der Waals surface area contributed by atoms with Gasteiger partial charge in [-0.25, -0.2) is 4.98 Å². The number of hydrogen-bond acceptors (Lipinski definition) is 7. The summed E-state index contributed by atoms with van der Waals surface area (Å²) in [6.45, 7) is 3.78. The second-order valence-corrected chi connectivity index (χ2v) is 8.99. The molecular weight excluding hydrogens is 458 g/mol. The van der Waals surface area contributed by atoms with Crippen molar-refractivity contribution in [2.24, 2.45) is 5.92 Å². The van der Waals surface area contributed by atoms with E-state index in [2.05, 4.69) is 15.3 Å². The van der Waals surface area contributed by atoms with Gasteiger partial charge in [0.25, 0.3) is 0 Å². The van der Waals surface area contributed by atoms with Crippen LogP contribution >= 0.6 is 11.6 Å². The molecule has 0 bridgehead atoms. The van der Waals surface area contributed by atoms with E-state index in [1.807, 2.05) is 38.1 Å². The number of halogens is 1. The van der Waals surface area contributed by atoms with Crippen LogP contribution < -0.4 is 19.5 Å². The summed E-state index contributed by atoms with van der Waals surface area (Å²) in [5.41, 5.74) is 0.986. The molecule has 9 heteroatoms. The van der Waals surface area contributed by atoms with Crippen LogP contribution in [0.15, 0.2) is 42.1 Å². The first-order chi connectivity index (χ1) is 16.3. The van der Waals surface area contributed by atoms with E-state index in [4.69, 9.17) is 25.8 Å². The molecule has 0 fully saturated rings. The van der Waals surface area contributed by atoms with Gasteiger partial charge in [-0.05, 0) is 25.5 Å². The van der Waals surface area contributed by atoms with Crippen molar-refractivity contribution in [3.63, 3.8) is 0 Å². The molecule has 5 rings (SSSR count). The molecule has 1 aliphatic heterocycles. The normalized spacial score (nSPS) is 22.4. The molecule has 3 aromatic rings. The summed E-state index contributed by atoms with van der Waals surface area (Å²) in [6.07, 6.45) is 1.87. The van der Waals surface area contributed by atoms with E-state index in [0.717, 1.165) is 16.9 Å². The minimum absolute atomic E-state index is 0.114. The first-order valence-electron chi connectivity index (χ1n) is 10.9. The molecule has 0 amide bonds. The minimum atomic E-state index is -1.70. The van der Waals surface area contributed by atoms with Gasteiger partial charge in [0.05, 0.1) is 31.3 Å². The summed E-state index contributed by atoms with van der Waals surface area (Å²) in [7, 11) is 2.90. The molecule has 2 heterocycles. The van der Waals surface area contributed by atoms with Crippen LogP contribution in [0, 0.1) is 5.92 Å². The fourth-order valence-corrected chi connectivity index (χ4v) is 5.02. The van der Waals surface area contributed by atoms with Crippen LogP contribution in [0.1, 0.15) is 42.5 Å². The van der Waals surface area contributed by atoms with Gasteiger partial charge >= 0.3 is 0 Å². The highest BCUT2D eigenvalue weighted by Gasteiger charge is 2.60. The number of aromatic nitrogens is 2. The van der Waals surface area contributed by atoms with Crippen molar-refractivity contribution in [3.8, 4) is 17.2 Å². The Kier molecular flexibility index (Phi) is 5.28. The molecule has 2 N–H and O–H groups in total. The molecule has 176 valence electrons. The van der Waals surface area contributed by atoms with Crippen LogP contribution in [0.25, 0.3) is 11.0 Å².